The van der Waals surface area contributed by atoms with Crippen molar-refractivity contribution in [3.05, 3.63) is 70.5 Å². The minimum absolute atomic E-state index is 0.0285. The molecule has 5 rings (SSSR count). The number of aromatic amines is 1. The molecule has 0 aliphatic carbocycles. The Labute approximate surface area is 170 Å². The Kier molecular flexibility index (Phi) is 4.61. The average molecular weight is 405 g/mol. The minimum Gasteiger partial charge on any atom is -0.376 e. The fourth-order valence-corrected chi connectivity index (χ4v) is 4.72. The van der Waals surface area contributed by atoms with Crippen LogP contribution >= 0.6 is 11.3 Å². The van der Waals surface area contributed by atoms with Gasteiger partial charge in [0.15, 0.2) is 5.13 Å². The van der Waals surface area contributed by atoms with Crippen LogP contribution in [0.15, 0.2) is 59.4 Å². The molecule has 1 aliphatic heterocycles. The van der Waals surface area contributed by atoms with E-state index < -0.39 is 0 Å². The molecular weight excluding hydrogens is 386 g/mol. The van der Waals surface area contributed by atoms with Crippen molar-refractivity contribution in [1.82, 2.24) is 9.97 Å². The highest BCUT2D eigenvalue weighted by Gasteiger charge is 2.28. The van der Waals surface area contributed by atoms with Crippen LogP contribution < -0.4 is 10.5 Å². The smallest absolute Gasteiger partial charge is 0.261 e. The van der Waals surface area contributed by atoms with Gasteiger partial charge in [0.25, 0.3) is 5.91 Å². The molecule has 1 atom stereocenters. The molecule has 0 saturated carbocycles. The van der Waals surface area contributed by atoms with E-state index in [0.717, 1.165) is 28.4 Å². The summed E-state index contributed by atoms with van der Waals surface area (Å²) in [6, 6.07) is 16.5. The van der Waals surface area contributed by atoms with Crippen LogP contribution in [0.5, 0.6) is 0 Å². The second-order valence-corrected chi connectivity index (χ2v) is 8.12. The van der Waals surface area contributed by atoms with E-state index in [1.165, 1.54) is 17.4 Å². The number of pyridine rings is 1. The van der Waals surface area contributed by atoms with E-state index in [2.05, 4.69) is 9.97 Å². The quantitative estimate of drug-likeness (QED) is 0.558. The van der Waals surface area contributed by atoms with Gasteiger partial charge in [-0.05, 0) is 31.0 Å². The third-order valence-corrected chi connectivity index (χ3v) is 6.21. The fraction of sp³-hybridized carbons (Fsp3) is 0.227. The van der Waals surface area contributed by atoms with Gasteiger partial charge in [-0.15, -0.1) is 0 Å². The first-order valence-electron chi connectivity index (χ1n) is 9.60. The molecule has 7 heteroatoms. The highest BCUT2D eigenvalue weighted by Crippen LogP contribution is 2.31. The normalized spacial score (nSPS) is 16.5. The van der Waals surface area contributed by atoms with Gasteiger partial charge in [-0.1, -0.05) is 41.7 Å². The van der Waals surface area contributed by atoms with Crippen LogP contribution in [0.2, 0.25) is 0 Å². The van der Waals surface area contributed by atoms with Crippen molar-refractivity contribution in [3.8, 4) is 0 Å². The number of carbonyl (C=O) groups is 1. The topological polar surface area (TPSA) is 75.3 Å². The number of anilines is 1. The molecule has 2 aromatic heterocycles. The largest absolute Gasteiger partial charge is 0.376 e. The molecule has 3 heterocycles. The van der Waals surface area contributed by atoms with Gasteiger partial charge in [0.1, 0.15) is 0 Å². The number of hydrogen-bond donors (Lipinski definition) is 1. The van der Waals surface area contributed by atoms with E-state index in [1.807, 2.05) is 42.5 Å². The third kappa shape index (κ3) is 3.43. The number of nitrogens with one attached hydrogen (secondary N) is 1. The molecular formula is C22H19N3O3S. The monoisotopic (exact) mass is 405 g/mol. The highest BCUT2D eigenvalue weighted by atomic mass is 32.1. The zero-order valence-electron chi connectivity index (χ0n) is 15.6. The molecule has 1 fully saturated rings. The first kappa shape index (κ1) is 18.0. The molecule has 146 valence electrons. The van der Waals surface area contributed by atoms with Crippen LogP contribution in [-0.4, -0.2) is 35.1 Å². The molecule has 0 radical (unpaired) electrons. The van der Waals surface area contributed by atoms with Gasteiger partial charge in [0, 0.05) is 23.6 Å². The van der Waals surface area contributed by atoms with Crippen LogP contribution in [0.1, 0.15) is 23.2 Å². The average Bonchev–Trinajstić information content (AvgIpc) is 3.40. The molecule has 0 bridgehead atoms. The maximum absolute atomic E-state index is 13.7. The second kappa shape index (κ2) is 7.42. The summed E-state index contributed by atoms with van der Waals surface area (Å²) < 4.78 is 6.81. The van der Waals surface area contributed by atoms with Gasteiger partial charge in [-0.3, -0.25) is 14.5 Å². The van der Waals surface area contributed by atoms with Crippen molar-refractivity contribution < 1.29 is 9.53 Å². The number of benzene rings is 2. The number of ether oxygens (including phenoxy) is 1. The molecule has 0 spiro atoms. The van der Waals surface area contributed by atoms with Crippen molar-refractivity contribution in [3.63, 3.8) is 0 Å². The number of aromatic nitrogens is 2. The second-order valence-electron chi connectivity index (χ2n) is 7.11. The number of rotatable bonds is 4. The molecule has 1 aliphatic rings. The van der Waals surface area contributed by atoms with Crippen LogP contribution in [0, 0.1) is 0 Å². The van der Waals surface area contributed by atoms with Crippen molar-refractivity contribution in [2.45, 2.75) is 18.9 Å². The fourth-order valence-electron chi connectivity index (χ4n) is 3.74. The maximum Gasteiger partial charge on any atom is 0.261 e. The summed E-state index contributed by atoms with van der Waals surface area (Å²) in [4.78, 5) is 35.0. The Balaban J connectivity index is 1.62. The first-order chi connectivity index (χ1) is 14.2. The number of carbonyl (C=O) groups excluding carboxylic acids is 1. The van der Waals surface area contributed by atoms with Crippen molar-refractivity contribution in [2.75, 3.05) is 18.1 Å². The lowest BCUT2D eigenvalue weighted by Gasteiger charge is -2.23. The number of nitrogens with zero attached hydrogens (tertiary/aromatic N) is 2. The Hall–Kier alpha value is -3.03. The first-order valence-corrected chi connectivity index (χ1v) is 10.4. The number of amides is 1. The molecule has 1 amide bonds. The Morgan fingerprint density at radius 1 is 1.21 bits per heavy atom. The standard InChI is InChI=1S/C22H19N3O3S/c26-20-12-16(15-7-1-2-8-17(15)23-20)21(27)25(13-14-6-5-11-28-14)22-24-18-9-3-4-10-19(18)29-22/h1-4,7-10,12,14H,5-6,11,13H2,(H,23,26)/t14-/m1/s1. The lowest BCUT2D eigenvalue weighted by atomic mass is 10.1. The Morgan fingerprint density at radius 3 is 2.86 bits per heavy atom. The summed E-state index contributed by atoms with van der Waals surface area (Å²) >= 11 is 1.47. The number of para-hydroxylation sites is 2. The Morgan fingerprint density at radius 2 is 2.03 bits per heavy atom. The number of fused-ring (bicyclic) bond motifs is 2. The SMILES string of the molecule is O=C(c1cc(=O)[nH]c2ccccc12)N(C[C@H]1CCCO1)c1nc2ccccc2s1. The number of thiazole rings is 1. The third-order valence-electron chi connectivity index (χ3n) is 5.15. The summed E-state index contributed by atoms with van der Waals surface area (Å²) in [5.41, 5.74) is 1.58. The number of H-pyrrole nitrogens is 1. The van der Waals surface area contributed by atoms with E-state index in [1.54, 1.807) is 11.0 Å². The Bertz CT molecular complexity index is 1220. The van der Waals surface area contributed by atoms with E-state index in [0.29, 0.717) is 29.4 Å². The van der Waals surface area contributed by atoms with E-state index in [-0.39, 0.29) is 17.6 Å². The summed E-state index contributed by atoms with van der Waals surface area (Å²) in [6.45, 7) is 1.13. The van der Waals surface area contributed by atoms with Gasteiger partial charge in [0.05, 0.1) is 28.4 Å². The molecule has 2 aromatic carbocycles. The van der Waals surface area contributed by atoms with E-state index in [9.17, 15) is 9.59 Å². The summed E-state index contributed by atoms with van der Waals surface area (Å²) in [5.74, 6) is -0.234. The lowest BCUT2D eigenvalue weighted by molar-refractivity contribution is 0.0918. The van der Waals surface area contributed by atoms with Crippen LogP contribution in [0.3, 0.4) is 0 Å². The van der Waals surface area contributed by atoms with Gasteiger partial charge < -0.3 is 9.72 Å². The van der Waals surface area contributed by atoms with Gasteiger partial charge in [-0.25, -0.2) is 4.98 Å². The molecule has 0 unspecified atom stereocenters. The van der Waals surface area contributed by atoms with Crippen molar-refractivity contribution in [1.29, 1.82) is 0 Å². The molecule has 29 heavy (non-hydrogen) atoms. The van der Waals surface area contributed by atoms with Gasteiger partial charge in [0.2, 0.25) is 5.56 Å². The maximum atomic E-state index is 13.7. The van der Waals surface area contributed by atoms with E-state index in [4.69, 9.17) is 4.74 Å². The molecule has 6 nitrogen and oxygen atoms in total. The van der Waals surface area contributed by atoms with E-state index >= 15 is 0 Å². The summed E-state index contributed by atoms with van der Waals surface area (Å²) in [7, 11) is 0. The summed E-state index contributed by atoms with van der Waals surface area (Å²) in [6.07, 6.45) is 1.87. The lowest BCUT2D eigenvalue weighted by Crippen LogP contribution is -2.38. The minimum atomic E-state index is -0.298. The predicted octanol–water partition coefficient (Wildman–Crippen LogP) is 3.96. The number of hydrogen-bond acceptors (Lipinski definition) is 5. The zero-order chi connectivity index (χ0) is 19.8. The van der Waals surface area contributed by atoms with Gasteiger partial charge in [-0.2, -0.15) is 0 Å². The van der Waals surface area contributed by atoms with Gasteiger partial charge >= 0.3 is 0 Å². The van der Waals surface area contributed by atoms with Crippen LogP contribution in [0.4, 0.5) is 5.13 Å². The zero-order valence-corrected chi connectivity index (χ0v) is 16.4. The summed E-state index contributed by atoms with van der Waals surface area (Å²) in [5, 5.41) is 1.34. The van der Waals surface area contributed by atoms with Crippen molar-refractivity contribution >= 4 is 43.5 Å². The van der Waals surface area contributed by atoms with Crippen LogP contribution in [0.25, 0.3) is 21.1 Å². The molecule has 4 aromatic rings. The molecule has 1 saturated heterocycles. The van der Waals surface area contributed by atoms with Crippen LogP contribution in [-0.2, 0) is 4.74 Å². The van der Waals surface area contributed by atoms with Crippen molar-refractivity contribution in [2.24, 2.45) is 0 Å². The highest BCUT2D eigenvalue weighted by molar-refractivity contribution is 7.22. The molecule has 1 N–H and O–H groups in total. The predicted molar refractivity (Wildman–Crippen MR) is 115 cm³/mol.